The molecular formula is C7H11NS. The molecule has 0 aromatic carbocycles. The van der Waals surface area contributed by atoms with Gasteiger partial charge in [-0.05, 0) is 12.8 Å². The number of rotatable bonds is 1. The molecule has 1 nitrogen and oxygen atoms in total. The lowest BCUT2D eigenvalue weighted by Crippen LogP contribution is -1.87. The molecule has 1 aliphatic heterocycles. The highest BCUT2D eigenvalue weighted by molar-refractivity contribution is 8.04. The second-order valence-electron chi connectivity index (χ2n) is 2.05. The first kappa shape index (κ1) is 6.87. The molecule has 0 aromatic heterocycles. The van der Waals surface area contributed by atoms with Gasteiger partial charge in [-0.3, -0.25) is 0 Å². The van der Waals surface area contributed by atoms with Crippen molar-refractivity contribution >= 4 is 17.5 Å². The third-order valence-corrected chi connectivity index (χ3v) is 2.43. The Hall–Kier alpha value is -0.240. The summed E-state index contributed by atoms with van der Waals surface area (Å²) in [6.07, 6.45) is 4.17. The molecule has 0 atom stereocenters. The number of allylic oxidation sites excluding steroid dienone is 2. The van der Waals surface area contributed by atoms with Crippen molar-refractivity contribution in [2.45, 2.75) is 19.8 Å². The van der Waals surface area contributed by atoms with E-state index in [4.69, 9.17) is 5.41 Å². The first-order valence-corrected chi connectivity index (χ1v) is 4.24. The van der Waals surface area contributed by atoms with Gasteiger partial charge in [-0.25, -0.2) is 0 Å². The van der Waals surface area contributed by atoms with E-state index in [9.17, 15) is 0 Å². The smallest absolute Gasteiger partial charge is 0.0454 e. The summed E-state index contributed by atoms with van der Waals surface area (Å²) >= 11 is 1.81. The quantitative estimate of drug-likeness (QED) is 0.595. The molecule has 0 bridgehead atoms. The van der Waals surface area contributed by atoms with Gasteiger partial charge in [0.2, 0.25) is 0 Å². The van der Waals surface area contributed by atoms with Crippen molar-refractivity contribution in [2.75, 3.05) is 5.75 Å². The molecular weight excluding hydrogens is 130 g/mol. The molecule has 50 valence electrons. The average Bonchev–Trinajstić information content (AvgIpc) is 2.18. The van der Waals surface area contributed by atoms with Crippen molar-refractivity contribution in [3.63, 3.8) is 0 Å². The third kappa shape index (κ3) is 1.58. The van der Waals surface area contributed by atoms with Crippen molar-refractivity contribution in [1.82, 2.24) is 0 Å². The first-order chi connectivity index (χ1) is 4.34. The van der Waals surface area contributed by atoms with Crippen molar-refractivity contribution in [3.8, 4) is 0 Å². The van der Waals surface area contributed by atoms with Crippen LogP contribution >= 0.6 is 11.8 Å². The van der Waals surface area contributed by atoms with Gasteiger partial charge in [0.25, 0.3) is 0 Å². The fourth-order valence-electron chi connectivity index (χ4n) is 0.841. The molecule has 1 aliphatic rings. The van der Waals surface area contributed by atoms with Crippen molar-refractivity contribution in [3.05, 3.63) is 11.0 Å². The summed E-state index contributed by atoms with van der Waals surface area (Å²) in [5.41, 5.74) is 0.835. The van der Waals surface area contributed by atoms with Gasteiger partial charge in [0.15, 0.2) is 0 Å². The molecule has 2 heteroatoms. The maximum atomic E-state index is 7.42. The van der Waals surface area contributed by atoms with Crippen LogP contribution in [-0.2, 0) is 0 Å². The van der Waals surface area contributed by atoms with Crippen LogP contribution in [-0.4, -0.2) is 11.5 Å². The van der Waals surface area contributed by atoms with Gasteiger partial charge in [-0.1, -0.05) is 13.0 Å². The number of thioether (sulfide) groups is 1. The second kappa shape index (κ2) is 3.06. The SMILES string of the molecule is CC/C=C1/SCCC1=N. The van der Waals surface area contributed by atoms with Crippen molar-refractivity contribution in [1.29, 1.82) is 5.41 Å². The summed E-state index contributed by atoms with van der Waals surface area (Å²) in [6, 6.07) is 0. The van der Waals surface area contributed by atoms with Gasteiger partial charge < -0.3 is 5.41 Å². The first-order valence-electron chi connectivity index (χ1n) is 3.25. The summed E-state index contributed by atoms with van der Waals surface area (Å²) in [5.74, 6) is 1.12. The van der Waals surface area contributed by atoms with Crippen LogP contribution in [0.5, 0.6) is 0 Å². The van der Waals surface area contributed by atoms with Crippen molar-refractivity contribution in [2.24, 2.45) is 0 Å². The standard InChI is InChI=1S/C7H11NS/c1-2-3-7-6(8)4-5-9-7/h3,8H,2,4-5H2,1H3/b7-3+,8-6?. The van der Waals surface area contributed by atoms with Crippen LogP contribution in [0.15, 0.2) is 11.0 Å². The van der Waals surface area contributed by atoms with E-state index in [0.29, 0.717) is 0 Å². The van der Waals surface area contributed by atoms with Gasteiger partial charge >= 0.3 is 0 Å². The van der Waals surface area contributed by atoms with E-state index in [0.717, 1.165) is 24.3 Å². The van der Waals surface area contributed by atoms with Crippen LogP contribution in [0.1, 0.15) is 19.8 Å². The van der Waals surface area contributed by atoms with E-state index < -0.39 is 0 Å². The Morgan fingerprint density at radius 1 is 1.78 bits per heavy atom. The van der Waals surface area contributed by atoms with Crippen molar-refractivity contribution < 1.29 is 0 Å². The Morgan fingerprint density at radius 3 is 3.00 bits per heavy atom. The normalized spacial score (nSPS) is 23.7. The maximum Gasteiger partial charge on any atom is 0.0454 e. The lowest BCUT2D eigenvalue weighted by atomic mass is 10.2. The summed E-state index contributed by atoms with van der Waals surface area (Å²) in [6.45, 7) is 2.11. The van der Waals surface area contributed by atoms with Crippen LogP contribution in [0, 0.1) is 5.41 Å². The molecule has 1 heterocycles. The molecule has 9 heavy (non-hydrogen) atoms. The molecule has 1 fully saturated rings. The molecule has 0 aromatic rings. The highest BCUT2D eigenvalue weighted by atomic mass is 32.2. The lowest BCUT2D eigenvalue weighted by Gasteiger charge is -1.91. The van der Waals surface area contributed by atoms with Gasteiger partial charge in [-0.15, -0.1) is 11.8 Å². The van der Waals surface area contributed by atoms with E-state index >= 15 is 0 Å². The molecule has 0 spiro atoms. The van der Waals surface area contributed by atoms with E-state index in [-0.39, 0.29) is 0 Å². The number of hydrogen-bond donors (Lipinski definition) is 1. The van der Waals surface area contributed by atoms with E-state index in [1.54, 1.807) is 0 Å². The van der Waals surface area contributed by atoms with Crippen LogP contribution in [0.25, 0.3) is 0 Å². The topological polar surface area (TPSA) is 23.9 Å². The molecule has 1 N–H and O–H groups in total. The largest absolute Gasteiger partial charge is 0.304 e. The molecule has 0 unspecified atom stereocenters. The molecule has 0 radical (unpaired) electrons. The number of nitrogens with one attached hydrogen (secondary N) is 1. The number of hydrogen-bond acceptors (Lipinski definition) is 2. The summed E-state index contributed by atoms with van der Waals surface area (Å²) in [7, 11) is 0. The van der Waals surface area contributed by atoms with Crippen LogP contribution in [0.4, 0.5) is 0 Å². The molecule has 1 rings (SSSR count). The molecule has 1 saturated heterocycles. The lowest BCUT2D eigenvalue weighted by molar-refractivity contribution is 1.22. The average molecular weight is 141 g/mol. The van der Waals surface area contributed by atoms with Gasteiger partial charge in [0, 0.05) is 16.4 Å². The Bertz CT molecular complexity index is 149. The Labute approximate surface area is 60.0 Å². The monoisotopic (exact) mass is 141 g/mol. The zero-order valence-electron chi connectivity index (χ0n) is 5.61. The van der Waals surface area contributed by atoms with E-state index in [2.05, 4.69) is 13.0 Å². The van der Waals surface area contributed by atoms with Crippen LogP contribution in [0.3, 0.4) is 0 Å². The van der Waals surface area contributed by atoms with E-state index in [1.165, 1.54) is 4.91 Å². The predicted octanol–water partition coefficient (Wildman–Crippen LogP) is 2.44. The fraction of sp³-hybridized carbons (Fsp3) is 0.571. The molecule has 0 saturated carbocycles. The Morgan fingerprint density at radius 2 is 2.56 bits per heavy atom. The summed E-state index contributed by atoms with van der Waals surface area (Å²) in [4.78, 5) is 1.21. The van der Waals surface area contributed by atoms with E-state index in [1.807, 2.05) is 11.8 Å². The highest BCUT2D eigenvalue weighted by Crippen LogP contribution is 2.27. The van der Waals surface area contributed by atoms with Crippen LogP contribution in [0.2, 0.25) is 0 Å². The summed E-state index contributed by atoms with van der Waals surface area (Å²) < 4.78 is 0. The highest BCUT2D eigenvalue weighted by Gasteiger charge is 2.12. The molecule has 0 amide bonds. The van der Waals surface area contributed by atoms with Gasteiger partial charge in [0.05, 0.1) is 0 Å². The van der Waals surface area contributed by atoms with Crippen LogP contribution < -0.4 is 0 Å². The Kier molecular flexibility index (Phi) is 2.34. The minimum Gasteiger partial charge on any atom is -0.304 e. The van der Waals surface area contributed by atoms with Gasteiger partial charge in [-0.2, -0.15) is 0 Å². The predicted molar refractivity (Wildman–Crippen MR) is 43.2 cm³/mol. The fourth-order valence-corrected chi connectivity index (χ4v) is 1.93. The summed E-state index contributed by atoms with van der Waals surface area (Å²) in [5, 5.41) is 7.42. The zero-order chi connectivity index (χ0) is 6.69. The minimum absolute atomic E-state index is 0.835. The zero-order valence-corrected chi connectivity index (χ0v) is 6.42. The molecule has 0 aliphatic carbocycles. The minimum atomic E-state index is 0.835. The maximum absolute atomic E-state index is 7.42. The Balaban J connectivity index is 2.59. The third-order valence-electron chi connectivity index (χ3n) is 1.30. The second-order valence-corrected chi connectivity index (χ2v) is 3.19. The van der Waals surface area contributed by atoms with Gasteiger partial charge in [0.1, 0.15) is 0 Å².